The summed E-state index contributed by atoms with van der Waals surface area (Å²) in [7, 11) is 0. The molecule has 0 aliphatic heterocycles. The molecule has 0 amide bonds. The lowest BCUT2D eigenvalue weighted by atomic mass is 10.2. The minimum Gasteiger partial charge on any atom is -0.489 e. The first-order chi connectivity index (χ1) is 7.75. The second kappa shape index (κ2) is 4.99. The molecular weight excluding hydrogens is 227 g/mol. The van der Waals surface area contributed by atoms with Gasteiger partial charge < -0.3 is 4.74 Å². The highest BCUT2D eigenvalue weighted by Gasteiger charge is 2.02. The van der Waals surface area contributed by atoms with Gasteiger partial charge in [0, 0.05) is 5.56 Å². The maximum absolute atomic E-state index is 12.8. The van der Waals surface area contributed by atoms with Gasteiger partial charge in [0.15, 0.2) is 0 Å². The van der Waals surface area contributed by atoms with Crippen LogP contribution in [0.3, 0.4) is 0 Å². The highest BCUT2D eigenvalue weighted by molar-refractivity contribution is 6.31. The molecule has 16 heavy (non-hydrogen) atoms. The molecule has 0 bridgehead atoms. The second-order valence-corrected chi connectivity index (χ2v) is 3.67. The summed E-state index contributed by atoms with van der Waals surface area (Å²) in [6, 6.07) is 14.3. The first-order valence-corrected chi connectivity index (χ1v) is 5.16. The summed E-state index contributed by atoms with van der Waals surface area (Å²) in [5.74, 6) is 0.391. The molecule has 0 saturated heterocycles. The fraction of sp³-hybridized carbons (Fsp3) is 0.0769. The molecule has 1 nitrogen and oxygen atoms in total. The maximum Gasteiger partial charge on any atom is 0.124 e. The van der Waals surface area contributed by atoms with Crippen molar-refractivity contribution in [2.45, 2.75) is 6.61 Å². The summed E-state index contributed by atoms with van der Waals surface area (Å²) in [5, 5.41) is 0.377. The van der Waals surface area contributed by atoms with Gasteiger partial charge in [-0.05, 0) is 30.3 Å². The van der Waals surface area contributed by atoms with E-state index in [0.717, 1.165) is 11.3 Å². The maximum atomic E-state index is 12.8. The molecule has 0 saturated carbocycles. The van der Waals surface area contributed by atoms with E-state index in [9.17, 15) is 4.39 Å². The van der Waals surface area contributed by atoms with Crippen LogP contribution in [0, 0.1) is 11.9 Å². The zero-order valence-electron chi connectivity index (χ0n) is 8.41. The van der Waals surface area contributed by atoms with E-state index in [1.807, 2.05) is 0 Å². The largest absolute Gasteiger partial charge is 0.489 e. The molecule has 0 N–H and O–H groups in total. The Morgan fingerprint density at radius 3 is 2.62 bits per heavy atom. The molecule has 3 heteroatoms. The van der Waals surface area contributed by atoms with Crippen molar-refractivity contribution < 1.29 is 9.13 Å². The summed E-state index contributed by atoms with van der Waals surface area (Å²) >= 11 is 5.87. The van der Waals surface area contributed by atoms with Crippen molar-refractivity contribution in [3.8, 4) is 5.75 Å². The van der Waals surface area contributed by atoms with Gasteiger partial charge in [-0.15, -0.1) is 0 Å². The van der Waals surface area contributed by atoms with E-state index in [4.69, 9.17) is 16.3 Å². The van der Waals surface area contributed by atoms with Crippen molar-refractivity contribution in [1.29, 1.82) is 0 Å². The van der Waals surface area contributed by atoms with Crippen LogP contribution in [0.15, 0.2) is 42.5 Å². The predicted molar refractivity (Wildman–Crippen MR) is 61.0 cm³/mol. The van der Waals surface area contributed by atoms with Gasteiger partial charge in [-0.25, -0.2) is 4.39 Å². The highest BCUT2D eigenvalue weighted by atomic mass is 35.5. The van der Waals surface area contributed by atoms with Crippen LogP contribution in [0.2, 0.25) is 5.02 Å². The average Bonchev–Trinajstić information content (AvgIpc) is 2.29. The third kappa shape index (κ3) is 2.74. The lowest BCUT2D eigenvalue weighted by Crippen LogP contribution is -1.96. The first-order valence-electron chi connectivity index (χ1n) is 4.78. The number of ether oxygens (including phenoxy) is 1. The molecule has 0 aromatic heterocycles. The van der Waals surface area contributed by atoms with Crippen molar-refractivity contribution in [3.05, 3.63) is 64.9 Å². The van der Waals surface area contributed by atoms with E-state index in [-0.39, 0.29) is 5.82 Å². The van der Waals surface area contributed by atoms with Crippen LogP contribution in [-0.2, 0) is 6.61 Å². The Bertz CT molecular complexity index is 471. The van der Waals surface area contributed by atoms with Gasteiger partial charge in [-0.1, -0.05) is 29.8 Å². The summed E-state index contributed by atoms with van der Waals surface area (Å²) in [6.45, 7) is 0.323. The Kier molecular flexibility index (Phi) is 3.42. The van der Waals surface area contributed by atoms with E-state index >= 15 is 0 Å². The normalized spacial score (nSPS) is 10.1. The molecule has 0 atom stereocenters. The van der Waals surface area contributed by atoms with Crippen LogP contribution in [-0.4, -0.2) is 0 Å². The topological polar surface area (TPSA) is 9.23 Å². The number of benzene rings is 2. The minimum absolute atomic E-state index is 0.323. The molecule has 2 aromatic carbocycles. The summed E-state index contributed by atoms with van der Waals surface area (Å²) in [6.07, 6.45) is 0. The Labute approximate surface area is 98.4 Å². The first kappa shape index (κ1) is 11.0. The molecule has 0 fully saturated rings. The SMILES string of the molecule is Fc1ccc(COc2cc[c]cc2)c(Cl)c1. The van der Waals surface area contributed by atoms with Crippen LogP contribution in [0.25, 0.3) is 0 Å². The molecule has 2 aromatic rings. The Morgan fingerprint density at radius 1 is 1.19 bits per heavy atom. The van der Waals surface area contributed by atoms with Gasteiger partial charge in [0.05, 0.1) is 5.02 Å². The molecule has 0 aliphatic rings. The third-order valence-electron chi connectivity index (χ3n) is 2.10. The highest BCUT2D eigenvalue weighted by Crippen LogP contribution is 2.19. The number of rotatable bonds is 3. The quantitative estimate of drug-likeness (QED) is 0.785. The number of halogens is 2. The van der Waals surface area contributed by atoms with Gasteiger partial charge in [-0.3, -0.25) is 0 Å². The number of hydrogen-bond donors (Lipinski definition) is 0. The summed E-state index contributed by atoms with van der Waals surface area (Å²) in [5.41, 5.74) is 0.760. The van der Waals surface area contributed by atoms with Crippen LogP contribution in [0.1, 0.15) is 5.56 Å². The van der Waals surface area contributed by atoms with Gasteiger partial charge in [0.1, 0.15) is 18.2 Å². The molecular formula is C13H9ClFO. The zero-order chi connectivity index (χ0) is 11.4. The molecule has 81 valence electrons. The van der Waals surface area contributed by atoms with Crippen LogP contribution in [0.4, 0.5) is 4.39 Å². The van der Waals surface area contributed by atoms with E-state index in [1.165, 1.54) is 12.1 Å². The lowest BCUT2D eigenvalue weighted by Gasteiger charge is -2.07. The van der Waals surface area contributed by atoms with Crippen molar-refractivity contribution in [3.63, 3.8) is 0 Å². The monoisotopic (exact) mass is 235 g/mol. The van der Waals surface area contributed by atoms with Gasteiger partial charge in [0.25, 0.3) is 0 Å². The van der Waals surface area contributed by atoms with Crippen LogP contribution < -0.4 is 4.74 Å². The summed E-state index contributed by atoms with van der Waals surface area (Å²) in [4.78, 5) is 0. The Morgan fingerprint density at radius 2 is 1.94 bits per heavy atom. The fourth-order valence-corrected chi connectivity index (χ4v) is 1.49. The van der Waals surface area contributed by atoms with E-state index < -0.39 is 0 Å². The van der Waals surface area contributed by atoms with Crippen LogP contribution >= 0.6 is 11.6 Å². The van der Waals surface area contributed by atoms with Crippen molar-refractivity contribution in [2.24, 2.45) is 0 Å². The summed E-state index contributed by atoms with van der Waals surface area (Å²) < 4.78 is 18.3. The van der Waals surface area contributed by atoms with E-state index in [1.54, 1.807) is 30.3 Å². The smallest absolute Gasteiger partial charge is 0.124 e. The molecule has 2 rings (SSSR count). The van der Waals surface area contributed by atoms with Crippen LogP contribution in [0.5, 0.6) is 5.75 Å². The minimum atomic E-state index is -0.344. The van der Waals surface area contributed by atoms with Gasteiger partial charge >= 0.3 is 0 Å². The van der Waals surface area contributed by atoms with E-state index in [2.05, 4.69) is 6.07 Å². The molecule has 0 spiro atoms. The Balaban J connectivity index is 2.05. The molecule has 0 heterocycles. The second-order valence-electron chi connectivity index (χ2n) is 3.26. The molecule has 1 radical (unpaired) electrons. The van der Waals surface area contributed by atoms with Gasteiger partial charge in [-0.2, -0.15) is 0 Å². The third-order valence-corrected chi connectivity index (χ3v) is 2.45. The Hall–Kier alpha value is -1.54. The van der Waals surface area contributed by atoms with Crippen molar-refractivity contribution in [2.75, 3.05) is 0 Å². The van der Waals surface area contributed by atoms with Crippen molar-refractivity contribution in [1.82, 2.24) is 0 Å². The average molecular weight is 236 g/mol. The predicted octanol–water partition coefficient (Wildman–Crippen LogP) is 3.86. The molecule has 0 aliphatic carbocycles. The lowest BCUT2D eigenvalue weighted by molar-refractivity contribution is 0.306. The molecule has 0 unspecified atom stereocenters. The zero-order valence-corrected chi connectivity index (χ0v) is 9.17. The number of hydrogen-bond acceptors (Lipinski definition) is 1. The fourth-order valence-electron chi connectivity index (χ4n) is 1.27. The van der Waals surface area contributed by atoms with Gasteiger partial charge in [0.2, 0.25) is 0 Å². The van der Waals surface area contributed by atoms with E-state index in [0.29, 0.717) is 11.6 Å². The van der Waals surface area contributed by atoms with Crippen molar-refractivity contribution >= 4 is 11.6 Å². The standard InChI is InChI=1S/C13H9ClFO/c14-13-8-11(15)7-6-10(13)9-16-12-4-2-1-3-5-12/h2-8H,9H2.